The number of aryl methyl sites for hydroxylation is 1. The van der Waals surface area contributed by atoms with E-state index in [1.54, 1.807) is 11.1 Å². The molecule has 9 nitrogen and oxygen atoms in total. The molecule has 3 amide bonds. The van der Waals surface area contributed by atoms with Crippen LogP contribution in [0.1, 0.15) is 17.7 Å². The van der Waals surface area contributed by atoms with Crippen LogP contribution in [0.3, 0.4) is 0 Å². The Bertz CT molecular complexity index is 1190. The number of nitrogens with one attached hydrogen (secondary N) is 3. The van der Waals surface area contributed by atoms with Crippen molar-refractivity contribution in [3.63, 3.8) is 0 Å². The van der Waals surface area contributed by atoms with E-state index in [2.05, 4.69) is 49.9 Å². The summed E-state index contributed by atoms with van der Waals surface area (Å²) in [6.07, 6.45) is 4.58. The summed E-state index contributed by atoms with van der Waals surface area (Å²) in [4.78, 5) is 36.7. The van der Waals surface area contributed by atoms with Gasteiger partial charge in [-0.15, -0.1) is 0 Å². The largest absolute Gasteiger partial charge is 0.492 e. The first-order valence-corrected chi connectivity index (χ1v) is 12.7. The molecule has 5 rings (SSSR count). The zero-order chi connectivity index (χ0) is 24.9. The van der Waals surface area contributed by atoms with Crippen LogP contribution in [-0.2, 0) is 11.3 Å². The van der Waals surface area contributed by atoms with Crippen molar-refractivity contribution in [1.82, 2.24) is 30.4 Å². The molecule has 2 aromatic heterocycles. The van der Waals surface area contributed by atoms with Crippen LogP contribution in [0.5, 0.6) is 5.75 Å². The number of aromatic nitrogens is 2. The molecule has 2 atom stereocenters. The monoisotopic (exact) mass is 490 g/mol. The molecule has 0 aliphatic carbocycles. The number of hydrogen-bond acceptors (Lipinski definition) is 5. The summed E-state index contributed by atoms with van der Waals surface area (Å²) in [5.74, 6) is 0.867. The molecular formula is C27H34N6O3. The maximum absolute atomic E-state index is 13.2. The van der Waals surface area contributed by atoms with Crippen LogP contribution in [-0.4, -0.2) is 77.6 Å². The number of aromatic amines is 1. The molecule has 0 spiro atoms. The molecule has 1 aromatic carbocycles. The van der Waals surface area contributed by atoms with Crippen molar-refractivity contribution in [3.05, 3.63) is 60.0 Å². The Morgan fingerprint density at radius 1 is 1.22 bits per heavy atom. The number of urea groups is 1. The molecule has 3 N–H and O–H groups in total. The zero-order valence-electron chi connectivity index (χ0n) is 20.7. The van der Waals surface area contributed by atoms with Crippen LogP contribution in [0.2, 0.25) is 0 Å². The number of amides is 3. The SMILES string of the molecule is Cc1ccc(OC[C@H]2C[C@@H](C(=O)NCCN3CCNC3=O)CN(Cc3c[nH]c4ccccc34)C2)cn1. The second-order valence-corrected chi connectivity index (χ2v) is 9.81. The van der Waals surface area contributed by atoms with Crippen LogP contribution in [0.4, 0.5) is 4.79 Å². The molecule has 4 heterocycles. The minimum Gasteiger partial charge on any atom is -0.492 e. The predicted octanol–water partition coefficient (Wildman–Crippen LogP) is 2.53. The third-order valence-corrected chi connectivity index (χ3v) is 7.05. The number of H-pyrrole nitrogens is 1. The summed E-state index contributed by atoms with van der Waals surface area (Å²) in [5, 5.41) is 7.07. The molecule has 2 fully saturated rings. The first-order chi connectivity index (χ1) is 17.5. The summed E-state index contributed by atoms with van der Waals surface area (Å²) in [6.45, 7) is 7.14. The lowest BCUT2D eigenvalue weighted by atomic mass is 9.88. The lowest BCUT2D eigenvalue weighted by molar-refractivity contribution is -0.127. The maximum Gasteiger partial charge on any atom is 0.317 e. The van der Waals surface area contributed by atoms with Crippen molar-refractivity contribution >= 4 is 22.8 Å². The molecule has 36 heavy (non-hydrogen) atoms. The van der Waals surface area contributed by atoms with E-state index in [1.807, 2.05) is 25.1 Å². The number of para-hydroxylation sites is 1. The first kappa shape index (κ1) is 24.1. The zero-order valence-corrected chi connectivity index (χ0v) is 20.7. The molecule has 190 valence electrons. The van der Waals surface area contributed by atoms with E-state index in [0.717, 1.165) is 36.5 Å². The van der Waals surface area contributed by atoms with E-state index in [4.69, 9.17) is 4.74 Å². The molecular weight excluding hydrogens is 456 g/mol. The summed E-state index contributed by atoms with van der Waals surface area (Å²) in [6, 6.07) is 12.1. The topological polar surface area (TPSA) is 103 Å². The van der Waals surface area contributed by atoms with Gasteiger partial charge in [0.15, 0.2) is 0 Å². The van der Waals surface area contributed by atoms with E-state index in [9.17, 15) is 9.59 Å². The Kier molecular flexibility index (Phi) is 7.36. The van der Waals surface area contributed by atoms with Crippen molar-refractivity contribution in [3.8, 4) is 5.75 Å². The Labute approximate surface area is 211 Å². The number of benzene rings is 1. The fourth-order valence-corrected chi connectivity index (χ4v) is 5.18. The molecule has 2 aliphatic rings. The minimum absolute atomic E-state index is 0.0419. The van der Waals surface area contributed by atoms with Crippen LogP contribution < -0.4 is 15.4 Å². The third-order valence-electron chi connectivity index (χ3n) is 7.05. The number of pyridine rings is 1. The lowest BCUT2D eigenvalue weighted by Gasteiger charge is -2.37. The number of nitrogens with zero attached hydrogens (tertiary/aromatic N) is 3. The van der Waals surface area contributed by atoms with Gasteiger partial charge in [-0.1, -0.05) is 18.2 Å². The smallest absolute Gasteiger partial charge is 0.317 e. The number of piperidine rings is 1. The average Bonchev–Trinajstić information content (AvgIpc) is 3.49. The number of ether oxygens (including phenoxy) is 1. The lowest BCUT2D eigenvalue weighted by Crippen LogP contribution is -2.48. The number of fused-ring (bicyclic) bond motifs is 1. The van der Waals surface area contributed by atoms with E-state index in [-0.39, 0.29) is 23.8 Å². The standard InChI is InChI=1S/C27H34N6O3/c1-19-6-7-23(14-30-19)36-18-20-12-21(26(34)28-8-10-33-11-9-29-27(33)35)16-32(15-20)17-22-13-31-25-5-3-2-4-24(22)25/h2-7,13-14,20-21,31H,8-12,15-18H2,1H3,(H,28,34)(H,29,35)/t20-,21+/m0/s1. The molecule has 2 saturated heterocycles. The van der Waals surface area contributed by atoms with Crippen LogP contribution in [0, 0.1) is 18.8 Å². The summed E-state index contributed by atoms with van der Waals surface area (Å²) in [5.41, 5.74) is 3.30. The highest BCUT2D eigenvalue weighted by Gasteiger charge is 2.32. The van der Waals surface area contributed by atoms with Gasteiger partial charge < -0.3 is 25.3 Å². The summed E-state index contributed by atoms with van der Waals surface area (Å²) in [7, 11) is 0. The highest BCUT2D eigenvalue weighted by Crippen LogP contribution is 2.27. The number of rotatable bonds is 9. The normalized spacial score (nSPS) is 20.5. The fourth-order valence-electron chi connectivity index (χ4n) is 5.18. The average molecular weight is 491 g/mol. The van der Waals surface area contributed by atoms with Gasteiger partial charge in [0.25, 0.3) is 0 Å². The van der Waals surface area contributed by atoms with E-state index >= 15 is 0 Å². The van der Waals surface area contributed by atoms with Crippen LogP contribution in [0.25, 0.3) is 10.9 Å². The summed E-state index contributed by atoms with van der Waals surface area (Å²) >= 11 is 0. The molecule has 0 bridgehead atoms. The van der Waals surface area contributed by atoms with Gasteiger partial charge >= 0.3 is 6.03 Å². The molecule has 0 saturated carbocycles. The van der Waals surface area contributed by atoms with E-state index < -0.39 is 0 Å². The first-order valence-electron chi connectivity index (χ1n) is 12.7. The second kappa shape index (κ2) is 11.0. The van der Waals surface area contributed by atoms with Crippen molar-refractivity contribution in [2.45, 2.75) is 19.9 Å². The highest BCUT2D eigenvalue weighted by atomic mass is 16.5. The van der Waals surface area contributed by atoms with Gasteiger partial charge in [-0.05, 0) is 37.1 Å². The molecule has 2 aliphatic heterocycles. The number of likely N-dealkylation sites (tertiary alicyclic amines) is 1. The third kappa shape index (κ3) is 5.79. The highest BCUT2D eigenvalue weighted by molar-refractivity contribution is 5.83. The summed E-state index contributed by atoms with van der Waals surface area (Å²) < 4.78 is 6.06. The van der Waals surface area contributed by atoms with Gasteiger partial charge in [0.05, 0.1) is 18.7 Å². The Balaban J connectivity index is 1.23. The molecule has 0 radical (unpaired) electrons. The van der Waals surface area contributed by atoms with Crippen molar-refractivity contribution in [1.29, 1.82) is 0 Å². The maximum atomic E-state index is 13.2. The quantitative estimate of drug-likeness (QED) is 0.428. The minimum atomic E-state index is -0.138. The van der Waals surface area contributed by atoms with E-state index in [0.29, 0.717) is 39.3 Å². The van der Waals surface area contributed by atoms with Gasteiger partial charge in [0.2, 0.25) is 5.91 Å². The van der Waals surface area contributed by atoms with E-state index in [1.165, 1.54) is 10.9 Å². The second-order valence-electron chi connectivity index (χ2n) is 9.81. The Hall–Kier alpha value is -3.59. The van der Waals surface area contributed by atoms with Gasteiger partial charge in [0.1, 0.15) is 5.75 Å². The molecule has 0 unspecified atom stereocenters. The van der Waals surface area contributed by atoms with Crippen LogP contribution in [0.15, 0.2) is 48.8 Å². The molecule has 3 aromatic rings. The van der Waals surface area contributed by atoms with Crippen molar-refractivity contribution < 1.29 is 14.3 Å². The van der Waals surface area contributed by atoms with Gasteiger partial charge in [-0.25, -0.2) is 4.79 Å². The van der Waals surface area contributed by atoms with Crippen molar-refractivity contribution in [2.24, 2.45) is 11.8 Å². The number of carbonyl (C=O) groups is 2. The Morgan fingerprint density at radius 2 is 2.11 bits per heavy atom. The Morgan fingerprint density at radius 3 is 2.92 bits per heavy atom. The van der Waals surface area contributed by atoms with Crippen molar-refractivity contribution in [2.75, 3.05) is 45.9 Å². The van der Waals surface area contributed by atoms with Gasteiger partial charge in [0, 0.05) is 74.5 Å². The fraction of sp³-hybridized carbons (Fsp3) is 0.444. The number of hydrogen-bond donors (Lipinski definition) is 3. The number of carbonyl (C=O) groups excluding carboxylic acids is 2. The van der Waals surface area contributed by atoms with Crippen LogP contribution >= 0.6 is 0 Å². The van der Waals surface area contributed by atoms with Gasteiger partial charge in [-0.2, -0.15) is 0 Å². The predicted molar refractivity (Wildman–Crippen MR) is 138 cm³/mol. The molecule has 9 heteroatoms. The van der Waals surface area contributed by atoms with Gasteiger partial charge in [-0.3, -0.25) is 14.7 Å².